The molecule has 0 aliphatic heterocycles. The van der Waals surface area contributed by atoms with E-state index in [1.54, 1.807) is 7.11 Å². The molecule has 1 aromatic carbocycles. The summed E-state index contributed by atoms with van der Waals surface area (Å²) in [5.41, 5.74) is 0.399. The maximum absolute atomic E-state index is 9.14. The van der Waals surface area contributed by atoms with E-state index in [0.29, 0.717) is 6.54 Å². The zero-order valence-electron chi connectivity index (χ0n) is 9.73. The lowest BCUT2D eigenvalue weighted by Crippen LogP contribution is -2.33. The highest BCUT2D eigenvalue weighted by Gasteiger charge is 2.21. The number of benzene rings is 1. The number of aliphatic hydroxyl groups excluding tert-OH is 2. The summed E-state index contributed by atoms with van der Waals surface area (Å²) >= 11 is 0. The van der Waals surface area contributed by atoms with Gasteiger partial charge in [-0.3, -0.25) is 0 Å². The second-order valence-electron chi connectivity index (χ2n) is 4.21. The van der Waals surface area contributed by atoms with Crippen LogP contribution >= 0.6 is 0 Å². The normalized spacial score (nSPS) is 11.2. The number of anilines is 1. The lowest BCUT2D eigenvalue weighted by molar-refractivity contribution is 0.0806. The van der Waals surface area contributed by atoms with Crippen LogP contribution in [0, 0.1) is 5.41 Å². The molecule has 0 unspecified atom stereocenters. The van der Waals surface area contributed by atoms with Crippen LogP contribution in [0.3, 0.4) is 0 Å². The third-order valence-electron chi connectivity index (χ3n) is 2.55. The van der Waals surface area contributed by atoms with Gasteiger partial charge in [-0.05, 0) is 12.1 Å². The largest absolute Gasteiger partial charge is 0.497 e. The van der Waals surface area contributed by atoms with Gasteiger partial charge < -0.3 is 20.3 Å². The molecule has 0 aromatic heterocycles. The fourth-order valence-corrected chi connectivity index (χ4v) is 1.21. The minimum Gasteiger partial charge on any atom is -0.497 e. The predicted molar refractivity (Wildman–Crippen MR) is 63.8 cm³/mol. The van der Waals surface area contributed by atoms with E-state index in [0.717, 1.165) is 11.4 Å². The molecule has 90 valence electrons. The van der Waals surface area contributed by atoms with Gasteiger partial charge in [0.1, 0.15) is 5.75 Å². The Morgan fingerprint density at radius 2 is 2.00 bits per heavy atom. The average Bonchev–Trinajstić information content (AvgIpc) is 2.36. The lowest BCUT2D eigenvalue weighted by atomic mass is 9.93. The van der Waals surface area contributed by atoms with Crippen LogP contribution in [0.1, 0.15) is 6.92 Å². The zero-order chi connectivity index (χ0) is 12.0. The summed E-state index contributed by atoms with van der Waals surface area (Å²) in [6, 6.07) is 7.53. The number of aliphatic hydroxyl groups is 2. The molecular formula is C12H19NO3. The highest BCUT2D eigenvalue weighted by Crippen LogP contribution is 2.19. The fourth-order valence-electron chi connectivity index (χ4n) is 1.21. The van der Waals surface area contributed by atoms with Gasteiger partial charge in [0.05, 0.1) is 20.3 Å². The SMILES string of the molecule is COc1cccc(NCC(C)(CO)CO)c1. The van der Waals surface area contributed by atoms with Crippen molar-refractivity contribution in [1.82, 2.24) is 0 Å². The van der Waals surface area contributed by atoms with E-state index >= 15 is 0 Å². The Balaban J connectivity index is 2.60. The number of nitrogens with one attached hydrogen (secondary N) is 1. The second kappa shape index (κ2) is 5.72. The van der Waals surface area contributed by atoms with Gasteiger partial charge in [0.15, 0.2) is 0 Å². The Kier molecular flexibility index (Phi) is 4.58. The molecule has 0 spiro atoms. The van der Waals surface area contributed by atoms with E-state index in [-0.39, 0.29) is 13.2 Å². The lowest BCUT2D eigenvalue weighted by Gasteiger charge is -2.25. The first-order chi connectivity index (χ1) is 7.63. The zero-order valence-corrected chi connectivity index (χ0v) is 9.73. The molecule has 0 atom stereocenters. The Bertz CT molecular complexity index is 324. The van der Waals surface area contributed by atoms with Crippen molar-refractivity contribution in [3.8, 4) is 5.75 Å². The molecule has 3 N–H and O–H groups in total. The fraction of sp³-hybridized carbons (Fsp3) is 0.500. The molecule has 4 nitrogen and oxygen atoms in total. The Morgan fingerprint density at radius 3 is 2.56 bits per heavy atom. The van der Waals surface area contributed by atoms with Crippen molar-refractivity contribution in [2.75, 3.05) is 32.2 Å². The van der Waals surface area contributed by atoms with Crippen molar-refractivity contribution in [2.24, 2.45) is 5.41 Å². The van der Waals surface area contributed by atoms with E-state index in [1.165, 1.54) is 0 Å². The molecule has 0 aliphatic carbocycles. The Labute approximate surface area is 95.9 Å². The molecular weight excluding hydrogens is 206 g/mol. The van der Waals surface area contributed by atoms with Gasteiger partial charge in [-0.1, -0.05) is 13.0 Å². The van der Waals surface area contributed by atoms with Crippen LogP contribution in [0.5, 0.6) is 5.75 Å². The monoisotopic (exact) mass is 225 g/mol. The van der Waals surface area contributed by atoms with E-state index in [1.807, 2.05) is 31.2 Å². The van der Waals surface area contributed by atoms with Crippen molar-refractivity contribution >= 4 is 5.69 Å². The van der Waals surface area contributed by atoms with Crippen LogP contribution in [0.4, 0.5) is 5.69 Å². The van der Waals surface area contributed by atoms with Crippen LogP contribution in [-0.4, -0.2) is 37.1 Å². The molecule has 0 saturated carbocycles. The summed E-state index contributed by atoms with van der Waals surface area (Å²) in [6.07, 6.45) is 0. The van der Waals surface area contributed by atoms with E-state index < -0.39 is 5.41 Å². The number of hydrogen-bond donors (Lipinski definition) is 3. The number of rotatable bonds is 6. The minimum absolute atomic E-state index is 0.0551. The molecule has 1 aromatic rings. The highest BCUT2D eigenvalue weighted by molar-refractivity contribution is 5.48. The number of methoxy groups -OCH3 is 1. The van der Waals surface area contributed by atoms with Crippen molar-refractivity contribution in [3.63, 3.8) is 0 Å². The van der Waals surface area contributed by atoms with E-state index in [4.69, 9.17) is 14.9 Å². The summed E-state index contributed by atoms with van der Waals surface area (Å²) in [5.74, 6) is 0.778. The Morgan fingerprint density at radius 1 is 1.31 bits per heavy atom. The van der Waals surface area contributed by atoms with Crippen LogP contribution in [-0.2, 0) is 0 Å². The van der Waals surface area contributed by atoms with Gasteiger partial charge in [0.2, 0.25) is 0 Å². The molecule has 4 heteroatoms. The minimum atomic E-state index is -0.511. The van der Waals surface area contributed by atoms with Crippen LogP contribution in [0.15, 0.2) is 24.3 Å². The van der Waals surface area contributed by atoms with E-state index in [2.05, 4.69) is 5.32 Å². The summed E-state index contributed by atoms with van der Waals surface area (Å²) < 4.78 is 5.10. The molecule has 1 rings (SSSR count). The van der Waals surface area contributed by atoms with Crippen LogP contribution < -0.4 is 10.1 Å². The highest BCUT2D eigenvalue weighted by atomic mass is 16.5. The molecule has 16 heavy (non-hydrogen) atoms. The smallest absolute Gasteiger partial charge is 0.120 e. The molecule has 0 saturated heterocycles. The standard InChI is InChI=1S/C12H19NO3/c1-12(8-14,9-15)7-13-10-4-3-5-11(6-10)16-2/h3-6,13-15H,7-9H2,1-2H3. The van der Waals surface area contributed by atoms with Gasteiger partial charge in [0, 0.05) is 23.7 Å². The average molecular weight is 225 g/mol. The van der Waals surface area contributed by atoms with Crippen molar-refractivity contribution in [1.29, 1.82) is 0 Å². The summed E-state index contributed by atoms with van der Waals surface area (Å²) in [7, 11) is 1.62. The predicted octanol–water partition coefficient (Wildman–Crippen LogP) is 1.10. The third-order valence-corrected chi connectivity index (χ3v) is 2.55. The molecule has 0 aliphatic rings. The number of ether oxygens (including phenoxy) is 1. The van der Waals surface area contributed by atoms with Gasteiger partial charge >= 0.3 is 0 Å². The maximum atomic E-state index is 9.14. The van der Waals surface area contributed by atoms with Gasteiger partial charge in [-0.25, -0.2) is 0 Å². The Hall–Kier alpha value is -1.26. The van der Waals surface area contributed by atoms with Crippen molar-refractivity contribution < 1.29 is 14.9 Å². The molecule has 0 amide bonds. The van der Waals surface area contributed by atoms with Crippen LogP contribution in [0.25, 0.3) is 0 Å². The maximum Gasteiger partial charge on any atom is 0.120 e. The molecule has 0 bridgehead atoms. The third kappa shape index (κ3) is 3.40. The first kappa shape index (κ1) is 12.8. The van der Waals surface area contributed by atoms with Gasteiger partial charge in [0.25, 0.3) is 0 Å². The van der Waals surface area contributed by atoms with Crippen molar-refractivity contribution in [2.45, 2.75) is 6.92 Å². The topological polar surface area (TPSA) is 61.7 Å². The molecule has 0 fully saturated rings. The van der Waals surface area contributed by atoms with Gasteiger partial charge in [-0.2, -0.15) is 0 Å². The van der Waals surface area contributed by atoms with E-state index in [9.17, 15) is 0 Å². The first-order valence-electron chi connectivity index (χ1n) is 5.23. The molecule has 0 radical (unpaired) electrons. The summed E-state index contributed by atoms with van der Waals surface area (Å²) in [4.78, 5) is 0. The first-order valence-corrected chi connectivity index (χ1v) is 5.23. The second-order valence-corrected chi connectivity index (χ2v) is 4.21. The number of hydrogen-bond acceptors (Lipinski definition) is 4. The van der Waals surface area contributed by atoms with Gasteiger partial charge in [-0.15, -0.1) is 0 Å². The summed E-state index contributed by atoms with van der Waals surface area (Å²) in [6.45, 7) is 2.22. The van der Waals surface area contributed by atoms with Crippen LogP contribution in [0.2, 0.25) is 0 Å². The summed E-state index contributed by atoms with van der Waals surface area (Å²) in [5, 5.41) is 21.4. The quantitative estimate of drug-likeness (QED) is 0.678. The molecule has 0 heterocycles. The van der Waals surface area contributed by atoms with Crippen molar-refractivity contribution in [3.05, 3.63) is 24.3 Å².